The summed E-state index contributed by atoms with van der Waals surface area (Å²) < 4.78 is 6.13. The van der Waals surface area contributed by atoms with Gasteiger partial charge in [0.2, 0.25) is 0 Å². The van der Waals surface area contributed by atoms with Crippen molar-refractivity contribution >= 4 is 34.3 Å². The molecule has 17 heavy (non-hydrogen) atoms. The number of aliphatic imine (C=N–C) groups is 1. The van der Waals surface area contributed by atoms with E-state index in [1.807, 2.05) is 37.3 Å². The van der Waals surface area contributed by atoms with Gasteiger partial charge in [0.1, 0.15) is 12.3 Å². The lowest BCUT2D eigenvalue weighted by Gasteiger charge is -2.03. The van der Waals surface area contributed by atoms with E-state index in [0.717, 1.165) is 9.14 Å². The van der Waals surface area contributed by atoms with Crippen LogP contribution in [0.25, 0.3) is 0 Å². The number of esters is 1. The van der Waals surface area contributed by atoms with E-state index in [9.17, 15) is 4.79 Å². The quantitative estimate of drug-likeness (QED) is 0.477. The molecule has 0 bridgehead atoms. The van der Waals surface area contributed by atoms with Gasteiger partial charge in [0, 0.05) is 9.78 Å². The summed E-state index contributed by atoms with van der Waals surface area (Å²) in [6.45, 7) is 3.83. The number of hydrogen-bond donors (Lipinski definition) is 0. The number of hydrogen-bond acceptors (Lipinski definition) is 3. The van der Waals surface area contributed by atoms with Crippen LogP contribution in [0.3, 0.4) is 0 Å². The van der Waals surface area contributed by atoms with Crippen LogP contribution >= 0.6 is 22.6 Å². The van der Waals surface area contributed by atoms with Crippen LogP contribution in [-0.4, -0.2) is 11.7 Å². The summed E-state index contributed by atoms with van der Waals surface area (Å²) in [6, 6.07) is 9.56. The molecular formula is C13H14INO2. The third kappa shape index (κ3) is 5.63. The van der Waals surface area contributed by atoms with Crippen molar-refractivity contribution in [3.05, 3.63) is 45.7 Å². The third-order valence-electron chi connectivity index (χ3n) is 1.94. The minimum atomic E-state index is -0.386. The Bertz CT molecular complexity index is 434. The maximum absolute atomic E-state index is 11.5. The number of ether oxygens (including phenoxy) is 1. The van der Waals surface area contributed by atoms with Gasteiger partial charge in [0.25, 0.3) is 0 Å². The molecule has 4 heteroatoms. The Kier molecular flexibility index (Phi) is 5.90. The lowest BCUT2D eigenvalue weighted by Crippen LogP contribution is -2.13. The fourth-order valence-corrected chi connectivity index (χ4v) is 1.21. The van der Waals surface area contributed by atoms with Crippen molar-refractivity contribution in [2.75, 3.05) is 0 Å². The van der Waals surface area contributed by atoms with E-state index in [2.05, 4.69) is 27.6 Å². The molecule has 1 aromatic rings. The van der Waals surface area contributed by atoms with E-state index >= 15 is 0 Å². The largest absolute Gasteiger partial charge is 0.456 e. The Morgan fingerprint density at radius 3 is 2.59 bits per heavy atom. The van der Waals surface area contributed by atoms with E-state index in [1.165, 1.54) is 0 Å². The summed E-state index contributed by atoms with van der Waals surface area (Å²) in [7, 11) is 0. The molecule has 0 N–H and O–H groups in total. The van der Waals surface area contributed by atoms with Crippen LogP contribution < -0.4 is 0 Å². The minimum Gasteiger partial charge on any atom is -0.456 e. The molecule has 0 atom stereocenters. The molecule has 0 saturated carbocycles. The van der Waals surface area contributed by atoms with Crippen molar-refractivity contribution in [2.45, 2.75) is 20.5 Å². The standard InChI is InChI=1S/C13H14INO2/c1-10(14)8-15-11(2)13(16)17-9-12-6-4-3-5-7-12/h3-8H,9H2,1-2H3/b10-8-,15-11-. The Morgan fingerprint density at radius 1 is 1.35 bits per heavy atom. The van der Waals surface area contributed by atoms with Crippen LogP contribution in [0.4, 0.5) is 0 Å². The van der Waals surface area contributed by atoms with E-state index in [1.54, 1.807) is 13.1 Å². The molecule has 0 unspecified atom stereocenters. The molecule has 1 rings (SSSR count). The van der Waals surface area contributed by atoms with E-state index in [-0.39, 0.29) is 12.6 Å². The van der Waals surface area contributed by atoms with Crippen LogP contribution in [0.15, 0.2) is 45.1 Å². The molecule has 0 spiro atoms. The van der Waals surface area contributed by atoms with Gasteiger partial charge in [-0.25, -0.2) is 4.79 Å². The van der Waals surface area contributed by atoms with Crippen LogP contribution in [0.1, 0.15) is 19.4 Å². The molecule has 3 nitrogen and oxygen atoms in total. The van der Waals surface area contributed by atoms with Crippen molar-refractivity contribution in [1.82, 2.24) is 0 Å². The molecule has 0 aliphatic carbocycles. The highest BCUT2D eigenvalue weighted by Crippen LogP contribution is 2.04. The smallest absolute Gasteiger partial charge is 0.352 e. The summed E-state index contributed by atoms with van der Waals surface area (Å²) in [6.07, 6.45) is 1.64. The molecule has 0 aliphatic rings. The first-order chi connectivity index (χ1) is 8.09. The van der Waals surface area contributed by atoms with Gasteiger partial charge < -0.3 is 4.74 Å². The summed E-state index contributed by atoms with van der Waals surface area (Å²) in [5, 5.41) is 0. The molecule has 0 aliphatic heterocycles. The number of rotatable bonds is 4. The first-order valence-corrected chi connectivity index (χ1v) is 6.25. The first-order valence-electron chi connectivity index (χ1n) is 5.17. The highest BCUT2D eigenvalue weighted by molar-refractivity contribution is 14.1. The zero-order chi connectivity index (χ0) is 12.7. The Hall–Kier alpha value is -1.17. The van der Waals surface area contributed by atoms with Crippen molar-refractivity contribution < 1.29 is 9.53 Å². The number of nitrogens with zero attached hydrogens (tertiary/aromatic N) is 1. The fraction of sp³-hybridized carbons (Fsp3) is 0.231. The molecular weight excluding hydrogens is 329 g/mol. The Morgan fingerprint density at radius 2 is 2.00 bits per heavy atom. The lowest BCUT2D eigenvalue weighted by atomic mass is 10.2. The average molecular weight is 343 g/mol. The molecule has 0 radical (unpaired) electrons. The van der Waals surface area contributed by atoms with Crippen LogP contribution in [0.5, 0.6) is 0 Å². The number of carbonyl (C=O) groups is 1. The SMILES string of the molecule is C/C(I)=C/N=C(/C)C(=O)OCc1ccccc1. The summed E-state index contributed by atoms with van der Waals surface area (Å²) >= 11 is 2.13. The van der Waals surface area contributed by atoms with E-state index < -0.39 is 0 Å². The van der Waals surface area contributed by atoms with E-state index in [4.69, 9.17) is 4.74 Å². The second-order valence-electron chi connectivity index (χ2n) is 3.49. The van der Waals surface area contributed by atoms with Crippen molar-refractivity contribution in [3.63, 3.8) is 0 Å². The van der Waals surface area contributed by atoms with E-state index in [0.29, 0.717) is 5.71 Å². The summed E-state index contributed by atoms with van der Waals surface area (Å²) in [5.74, 6) is -0.386. The number of carbonyl (C=O) groups excluding carboxylic acids is 1. The van der Waals surface area contributed by atoms with Gasteiger partial charge in [0.05, 0.1) is 0 Å². The zero-order valence-electron chi connectivity index (χ0n) is 9.81. The molecule has 0 heterocycles. The summed E-state index contributed by atoms with van der Waals surface area (Å²) in [5.41, 5.74) is 1.33. The van der Waals surface area contributed by atoms with Gasteiger partial charge in [-0.15, -0.1) is 0 Å². The van der Waals surface area contributed by atoms with Crippen LogP contribution in [-0.2, 0) is 16.1 Å². The van der Waals surface area contributed by atoms with Crippen molar-refractivity contribution in [2.24, 2.45) is 4.99 Å². The van der Waals surface area contributed by atoms with Crippen molar-refractivity contribution in [3.8, 4) is 0 Å². The van der Waals surface area contributed by atoms with Gasteiger partial charge >= 0.3 is 5.97 Å². The minimum absolute atomic E-state index is 0.277. The van der Waals surface area contributed by atoms with Gasteiger partial charge in [0.15, 0.2) is 0 Å². The predicted octanol–water partition coefficient (Wildman–Crippen LogP) is 3.49. The zero-order valence-corrected chi connectivity index (χ0v) is 12.0. The maximum Gasteiger partial charge on any atom is 0.352 e. The van der Waals surface area contributed by atoms with Gasteiger partial charge in [-0.3, -0.25) is 4.99 Å². The van der Waals surface area contributed by atoms with Gasteiger partial charge in [-0.05, 0) is 42.0 Å². The van der Waals surface area contributed by atoms with Crippen LogP contribution in [0.2, 0.25) is 0 Å². The van der Waals surface area contributed by atoms with Gasteiger partial charge in [-0.1, -0.05) is 30.3 Å². The third-order valence-corrected chi connectivity index (χ3v) is 2.22. The normalized spacial score (nSPS) is 12.4. The first kappa shape index (κ1) is 13.9. The van der Waals surface area contributed by atoms with Crippen molar-refractivity contribution in [1.29, 1.82) is 0 Å². The molecule has 0 amide bonds. The number of allylic oxidation sites excluding steroid dienone is 1. The van der Waals surface area contributed by atoms with Gasteiger partial charge in [-0.2, -0.15) is 0 Å². The Balaban J connectivity index is 2.50. The maximum atomic E-state index is 11.5. The average Bonchev–Trinajstić information content (AvgIpc) is 2.34. The molecule has 1 aromatic carbocycles. The number of benzene rings is 1. The molecule has 0 saturated heterocycles. The fourth-order valence-electron chi connectivity index (χ4n) is 1.07. The molecule has 0 fully saturated rings. The molecule has 90 valence electrons. The highest BCUT2D eigenvalue weighted by atomic mass is 127. The topological polar surface area (TPSA) is 38.7 Å². The monoisotopic (exact) mass is 343 g/mol. The second-order valence-corrected chi connectivity index (χ2v) is 5.19. The summed E-state index contributed by atoms with van der Waals surface area (Å²) in [4.78, 5) is 15.6. The molecule has 0 aromatic heterocycles. The lowest BCUT2D eigenvalue weighted by molar-refractivity contribution is -0.136. The highest BCUT2D eigenvalue weighted by Gasteiger charge is 2.06. The second kappa shape index (κ2) is 7.21. The predicted molar refractivity (Wildman–Crippen MR) is 77.1 cm³/mol. The van der Waals surface area contributed by atoms with Crippen LogP contribution in [0, 0.1) is 0 Å². The Labute approximate surface area is 115 Å². The number of halogens is 1.